The summed E-state index contributed by atoms with van der Waals surface area (Å²) in [5.41, 5.74) is 1.99. The number of aliphatic hydroxyl groups excluding tert-OH is 1. The van der Waals surface area contributed by atoms with E-state index in [-0.39, 0.29) is 12.6 Å². The lowest BCUT2D eigenvalue weighted by Crippen LogP contribution is -2.31. The van der Waals surface area contributed by atoms with Gasteiger partial charge in [0.2, 0.25) is 0 Å². The number of benzene rings is 1. The van der Waals surface area contributed by atoms with E-state index in [1.54, 1.807) is 10.9 Å². The lowest BCUT2D eigenvalue weighted by molar-refractivity contribution is 0.145. The third kappa shape index (κ3) is 3.64. The Bertz CT molecular complexity index is 746. The highest BCUT2D eigenvalue weighted by Gasteiger charge is 2.22. The molecule has 0 radical (unpaired) electrons. The van der Waals surface area contributed by atoms with E-state index < -0.39 is 0 Å². The molecular formula is C17H20N6O. The molecule has 7 heteroatoms. The fraction of sp³-hybridized carbons (Fsp3) is 0.294. The quantitative estimate of drug-likeness (QED) is 0.711. The third-order valence-electron chi connectivity index (χ3n) is 3.91. The van der Waals surface area contributed by atoms with Crippen LogP contribution in [0.25, 0.3) is 5.69 Å². The average Bonchev–Trinajstić information content (AvgIpc) is 3.12. The minimum absolute atomic E-state index is 0.0624. The van der Waals surface area contributed by atoms with Crippen molar-refractivity contribution in [3.63, 3.8) is 0 Å². The Morgan fingerprint density at radius 1 is 1.17 bits per heavy atom. The highest BCUT2D eigenvalue weighted by atomic mass is 16.3. The smallest absolute Gasteiger partial charge is 0.173 e. The number of rotatable bonds is 7. The molecule has 0 spiro atoms. The second-order valence-corrected chi connectivity index (χ2v) is 5.52. The third-order valence-corrected chi connectivity index (χ3v) is 3.91. The Kier molecular flexibility index (Phi) is 5.25. The molecule has 1 N–H and O–H groups in total. The van der Waals surface area contributed by atoms with Crippen molar-refractivity contribution in [3.8, 4) is 5.69 Å². The Morgan fingerprint density at radius 3 is 2.71 bits per heavy atom. The number of aliphatic hydroxyl groups is 1. The molecule has 2 aromatic heterocycles. The van der Waals surface area contributed by atoms with Gasteiger partial charge in [0.25, 0.3) is 0 Å². The van der Waals surface area contributed by atoms with Crippen LogP contribution in [0.3, 0.4) is 0 Å². The van der Waals surface area contributed by atoms with Gasteiger partial charge in [0.05, 0.1) is 18.3 Å². The summed E-state index contributed by atoms with van der Waals surface area (Å²) < 4.78 is 1.73. The van der Waals surface area contributed by atoms with Crippen molar-refractivity contribution >= 4 is 0 Å². The molecule has 2 heterocycles. The molecule has 0 amide bonds. The van der Waals surface area contributed by atoms with E-state index in [0.29, 0.717) is 13.1 Å². The van der Waals surface area contributed by atoms with Crippen molar-refractivity contribution in [1.82, 2.24) is 30.1 Å². The maximum atomic E-state index is 9.43. The van der Waals surface area contributed by atoms with E-state index in [0.717, 1.165) is 17.1 Å². The lowest BCUT2D eigenvalue weighted by atomic mass is 10.2. The minimum atomic E-state index is -0.0624. The molecule has 0 saturated carbocycles. The second-order valence-electron chi connectivity index (χ2n) is 5.52. The normalized spacial score (nSPS) is 12.5. The number of pyridine rings is 1. The van der Waals surface area contributed by atoms with Crippen LogP contribution in [0.5, 0.6) is 0 Å². The standard InChI is InChI=1S/C17H20N6O/c1-14(22(10-11-24)13-15-6-5-9-18-12-15)17-19-20-21-23(17)16-7-3-2-4-8-16/h2-9,12,14,24H,10-11,13H2,1H3. The van der Waals surface area contributed by atoms with Crippen molar-refractivity contribution < 1.29 is 5.11 Å². The van der Waals surface area contributed by atoms with Gasteiger partial charge in [0.15, 0.2) is 5.82 Å². The first-order valence-corrected chi connectivity index (χ1v) is 7.87. The summed E-state index contributed by atoms with van der Waals surface area (Å²) in [4.78, 5) is 6.28. The average molecular weight is 324 g/mol. The molecule has 3 aromatic rings. The van der Waals surface area contributed by atoms with Gasteiger partial charge in [-0.25, -0.2) is 0 Å². The molecule has 0 aliphatic rings. The lowest BCUT2D eigenvalue weighted by Gasteiger charge is -2.27. The second kappa shape index (κ2) is 7.76. The summed E-state index contributed by atoms with van der Waals surface area (Å²) in [6.45, 7) is 3.30. The summed E-state index contributed by atoms with van der Waals surface area (Å²) in [5, 5.41) is 21.6. The van der Waals surface area contributed by atoms with E-state index in [9.17, 15) is 5.11 Å². The van der Waals surface area contributed by atoms with Crippen LogP contribution < -0.4 is 0 Å². The van der Waals surface area contributed by atoms with Crippen LogP contribution in [0, 0.1) is 0 Å². The molecule has 1 unspecified atom stereocenters. The van der Waals surface area contributed by atoms with Gasteiger partial charge in [-0.3, -0.25) is 9.88 Å². The van der Waals surface area contributed by atoms with E-state index >= 15 is 0 Å². The zero-order valence-electron chi connectivity index (χ0n) is 13.5. The summed E-state index contributed by atoms with van der Waals surface area (Å²) in [7, 11) is 0. The van der Waals surface area contributed by atoms with Crippen LogP contribution in [0.4, 0.5) is 0 Å². The Morgan fingerprint density at radius 2 is 2.00 bits per heavy atom. The van der Waals surface area contributed by atoms with Gasteiger partial charge in [0, 0.05) is 25.5 Å². The van der Waals surface area contributed by atoms with E-state index in [2.05, 4.69) is 25.4 Å². The van der Waals surface area contributed by atoms with Crippen LogP contribution in [0.2, 0.25) is 0 Å². The van der Waals surface area contributed by atoms with Crippen LogP contribution in [-0.4, -0.2) is 48.3 Å². The molecule has 3 rings (SSSR count). The van der Waals surface area contributed by atoms with Crippen LogP contribution in [-0.2, 0) is 6.54 Å². The summed E-state index contributed by atoms with van der Waals surface area (Å²) in [6, 6.07) is 13.6. The van der Waals surface area contributed by atoms with Gasteiger partial charge in [-0.2, -0.15) is 4.68 Å². The van der Waals surface area contributed by atoms with Crippen LogP contribution in [0.1, 0.15) is 24.4 Å². The molecule has 7 nitrogen and oxygen atoms in total. The zero-order valence-corrected chi connectivity index (χ0v) is 13.5. The van der Waals surface area contributed by atoms with E-state index in [1.165, 1.54) is 0 Å². The monoisotopic (exact) mass is 324 g/mol. The number of tetrazole rings is 1. The van der Waals surface area contributed by atoms with Crippen molar-refractivity contribution in [2.45, 2.75) is 19.5 Å². The molecule has 1 aromatic carbocycles. The van der Waals surface area contributed by atoms with Crippen molar-refractivity contribution in [2.24, 2.45) is 0 Å². The fourth-order valence-electron chi connectivity index (χ4n) is 2.64. The molecule has 0 saturated heterocycles. The number of para-hydroxylation sites is 1. The van der Waals surface area contributed by atoms with Gasteiger partial charge >= 0.3 is 0 Å². The topological polar surface area (TPSA) is 80.0 Å². The Labute approximate surface area is 140 Å². The van der Waals surface area contributed by atoms with Crippen LogP contribution >= 0.6 is 0 Å². The van der Waals surface area contributed by atoms with Gasteiger partial charge in [0.1, 0.15) is 0 Å². The molecule has 0 aliphatic heterocycles. The number of aromatic nitrogens is 5. The highest BCUT2D eigenvalue weighted by Crippen LogP contribution is 2.21. The molecule has 0 bridgehead atoms. The van der Waals surface area contributed by atoms with Gasteiger partial charge in [-0.15, -0.1) is 5.10 Å². The molecule has 0 fully saturated rings. The largest absolute Gasteiger partial charge is 0.395 e. The first-order valence-electron chi connectivity index (χ1n) is 7.87. The van der Waals surface area contributed by atoms with Crippen molar-refractivity contribution in [2.75, 3.05) is 13.2 Å². The molecule has 24 heavy (non-hydrogen) atoms. The molecule has 124 valence electrons. The Hall–Kier alpha value is -2.64. The van der Waals surface area contributed by atoms with Gasteiger partial charge in [-0.1, -0.05) is 24.3 Å². The van der Waals surface area contributed by atoms with Crippen molar-refractivity contribution in [1.29, 1.82) is 0 Å². The fourth-order valence-corrected chi connectivity index (χ4v) is 2.64. The SMILES string of the molecule is CC(c1nnnn1-c1ccccc1)N(CCO)Cc1cccnc1. The number of hydrogen-bond acceptors (Lipinski definition) is 6. The molecular weight excluding hydrogens is 304 g/mol. The predicted octanol–water partition coefficient (Wildman–Crippen LogP) is 1.61. The van der Waals surface area contributed by atoms with Gasteiger partial charge < -0.3 is 5.11 Å². The predicted molar refractivity (Wildman–Crippen MR) is 89.3 cm³/mol. The highest BCUT2D eigenvalue weighted by molar-refractivity contribution is 5.31. The number of hydrogen-bond donors (Lipinski definition) is 1. The van der Waals surface area contributed by atoms with Gasteiger partial charge in [-0.05, 0) is 41.1 Å². The van der Waals surface area contributed by atoms with E-state index in [4.69, 9.17) is 0 Å². The summed E-state index contributed by atoms with van der Waals surface area (Å²) >= 11 is 0. The zero-order chi connectivity index (χ0) is 16.8. The first kappa shape index (κ1) is 16.2. The molecule has 0 aliphatic carbocycles. The maximum Gasteiger partial charge on any atom is 0.173 e. The summed E-state index contributed by atoms with van der Waals surface area (Å²) in [5.74, 6) is 0.735. The van der Waals surface area contributed by atoms with Crippen LogP contribution in [0.15, 0.2) is 54.9 Å². The number of nitrogens with zero attached hydrogens (tertiary/aromatic N) is 6. The van der Waals surface area contributed by atoms with Crippen molar-refractivity contribution in [3.05, 3.63) is 66.2 Å². The maximum absolute atomic E-state index is 9.43. The first-order chi connectivity index (χ1) is 11.8. The Balaban J connectivity index is 1.86. The summed E-state index contributed by atoms with van der Waals surface area (Å²) in [6.07, 6.45) is 3.58. The molecule has 1 atom stereocenters. The minimum Gasteiger partial charge on any atom is -0.395 e. The van der Waals surface area contributed by atoms with E-state index in [1.807, 2.05) is 55.6 Å².